The second-order valence-electron chi connectivity index (χ2n) is 8.84. The van der Waals surface area contributed by atoms with Crippen molar-refractivity contribution in [3.8, 4) is 11.4 Å². The topological polar surface area (TPSA) is 87.2 Å². The number of nitrogens with zero attached hydrogens (tertiary/aromatic N) is 5. The Labute approximate surface area is 207 Å². The SMILES string of the molecule is CCSc1cc(N(C)C(=O)OC(C)(C)C)c[n+]([O-])c1-c1cc2cnn(CC(F)(F)C(F)(F)F)c2cn1. The molecule has 0 spiro atoms. The average molecular weight is 534 g/mol. The van der Waals surface area contributed by atoms with Crippen LogP contribution in [0.1, 0.15) is 27.7 Å². The summed E-state index contributed by atoms with van der Waals surface area (Å²) >= 11 is 1.30. The lowest BCUT2D eigenvalue weighted by Gasteiger charge is -2.24. The van der Waals surface area contributed by atoms with Crippen LogP contribution >= 0.6 is 11.8 Å². The second kappa shape index (κ2) is 9.71. The molecule has 0 bridgehead atoms. The van der Waals surface area contributed by atoms with Gasteiger partial charge in [0.2, 0.25) is 6.20 Å². The van der Waals surface area contributed by atoms with Gasteiger partial charge in [-0.25, -0.2) is 9.78 Å². The van der Waals surface area contributed by atoms with Gasteiger partial charge in [-0.05, 0) is 38.7 Å². The minimum Gasteiger partial charge on any atom is -0.618 e. The molecule has 0 radical (unpaired) electrons. The zero-order valence-corrected chi connectivity index (χ0v) is 20.9. The first-order valence-electron chi connectivity index (χ1n) is 10.7. The maximum absolute atomic E-state index is 13.5. The quantitative estimate of drug-likeness (QED) is 0.182. The predicted molar refractivity (Wildman–Crippen MR) is 124 cm³/mol. The third-order valence-corrected chi connectivity index (χ3v) is 5.78. The van der Waals surface area contributed by atoms with Gasteiger partial charge in [0, 0.05) is 12.4 Å². The molecule has 0 aliphatic carbocycles. The summed E-state index contributed by atoms with van der Waals surface area (Å²) in [6.45, 7) is 5.28. The number of thioether (sulfide) groups is 1. The van der Waals surface area contributed by atoms with Gasteiger partial charge in [0.25, 0.3) is 5.69 Å². The molecule has 0 fully saturated rings. The van der Waals surface area contributed by atoms with Gasteiger partial charge in [-0.3, -0.25) is 9.58 Å². The van der Waals surface area contributed by atoms with Crippen molar-refractivity contribution in [3.05, 3.63) is 35.9 Å². The zero-order valence-electron chi connectivity index (χ0n) is 20.1. The maximum Gasteiger partial charge on any atom is 0.455 e. The zero-order chi connectivity index (χ0) is 27.1. The van der Waals surface area contributed by atoms with Crippen molar-refractivity contribution in [1.29, 1.82) is 0 Å². The Morgan fingerprint density at radius 2 is 1.86 bits per heavy atom. The third-order valence-electron chi connectivity index (χ3n) is 4.87. The van der Waals surface area contributed by atoms with E-state index in [0.29, 0.717) is 20.1 Å². The van der Waals surface area contributed by atoms with Crippen LogP contribution in [0, 0.1) is 5.21 Å². The number of rotatable bonds is 6. The molecular weight excluding hydrogens is 509 g/mol. The van der Waals surface area contributed by atoms with Crippen molar-refractivity contribution in [2.45, 2.75) is 56.8 Å². The van der Waals surface area contributed by atoms with E-state index in [-0.39, 0.29) is 28.0 Å². The first-order chi connectivity index (χ1) is 16.5. The highest BCUT2D eigenvalue weighted by Gasteiger charge is 2.57. The summed E-state index contributed by atoms with van der Waals surface area (Å²) in [7, 11) is 1.46. The molecule has 1 amide bonds. The molecule has 196 valence electrons. The highest BCUT2D eigenvalue weighted by Crippen LogP contribution is 2.37. The molecule has 0 atom stereocenters. The number of amides is 1. The number of hydrogen-bond acceptors (Lipinski definition) is 6. The van der Waals surface area contributed by atoms with E-state index in [9.17, 15) is 32.0 Å². The fraction of sp³-hybridized carbons (Fsp3) is 0.455. The maximum atomic E-state index is 13.5. The van der Waals surface area contributed by atoms with Crippen LogP contribution < -0.4 is 9.63 Å². The molecule has 0 aromatic carbocycles. The second-order valence-corrected chi connectivity index (χ2v) is 10.1. The van der Waals surface area contributed by atoms with Crippen molar-refractivity contribution in [2.24, 2.45) is 0 Å². The van der Waals surface area contributed by atoms with Crippen LogP contribution in [-0.2, 0) is 11.3 Å². The van der Waals surface area contributed by atoms with E-state index in [1.807, 2.05) is 6.92 Å². The molecule has 0 aliphatic rings. The molecule has 3 rings (SSSR count). The molecule has 36 heavy (non-hydrogen) atoms. The lowest BCUT2D eigenvalue weighted by atomic mass is 10.2. The molecule has 0 aliphatic heterocycles. The molecule has 0 saturated heterocycles. The molecule has 3 aromatic heterocycles. The number of alkyl halides is 5. The summed E-state index contributed by atoms with van der Waals surface area (Å²) < 4.78 is 71.2. The molecule has 0 N–H and O–H groups in total. The predicted octanol–water partition coefficient (Wildman–Crippen LogP) is 5.41. The smallest absolute Gasteiger partial charge is 0.455 e. The van der Waals surface area contributed by atoms with E-state index < -0.39 is 30.3 Å². The van der Waals surface area contributed by atoms with E-state index in [4.69, 9.17) is 4.74 Å². The summed E-state index contributed by atoms with van der Waals surface area (Å²) in [5.74, 6) is -4.41. The van der Waals surface area contributed by atoms with Crippen molar-refractivity contribution in [2.75, 3.05) is 17.7 Å². The molecule has 3 aromatic rings. The van der Waals surface area contributed by atoms with Crippen LogP contribution in [0.2, 0.25) is 0 Å². The number of aromatic nitrogens is 4. The number of anilines is 1. The standard InChI is InChI=1S/C22H24F5N5O3S/c1-6-36-17-8-14(30(5)19(33)35-20(2,3)4)11-32(34)18(17)15-7-13-9-29-31(16(13)10-28-15)12-21(23,24)22(25,26)27/h7-11H,6,12H2,1-5H3. The minimum atomic E-state index is -5.73. The number of pyridine rings is 2. The Kier molecular flexibility index (Phi) is 7.40. The van der Waals surface area contributed by atoms with Gasteiger partial charge in [0.15, 0.2) is 0 Å². The van der Waals surface area contributed by atoms with Crippen molar-refractivity contribution in [3.63, 3.8) is 0 Å². The van der Waals surface area contributed by atoms with Gasteiger partial charge in [-0.15, -0.1) is 11.8 Å². The van der Waals surface area contributed by atoms with Gasteiger partial charge in [0.1, 0.15) is 23.5 Å². The van der Waals surface area contributed by atoms with Crippen LogP contribution in [0.3, 0.4) is 0 Å². The fourth-order valence-electron chi connectivity index (χ4n) is 3.17. The van der Waals surface area contributed by atoms with Crippen LogP contribution in [0.15, 0.2) is 35.6 Å². The van der Waals surface area contributed by atoms with Crippen LogP contribution in [0.4, 0.5) is 32.4 Å². The Balaban J connectivity index is 2.01. The number of hydrogen-bond donors (Lipinski definition) is 0. The average Bonchev–Trinajstić information content (AvgIpc) is 3.12. The first-order valence-corrected chi connectivity index (χ1v) is 11.7. The number of carbonyl (C=O) groups is 1. The van der Waals surface area contributed by atoms with E-state index in [0.717, 1.165) is 18.6 Å². The van der Waals surface area contributed by atoms with Gasteiger partial charge in [0.05, 0.1) is 22.8 Å². The molecule has 0 unspecified atom stereocenters. The van der Waals surface area contributed by atoms with E-state index >= 15 is 0 Å². The van der Waals surface area contributed by atoms with E-state index in [1.54, 1.807) is 26.8 Å². The molecule has 8 nitrogen and oxygen atoms in total. The molecule has 3 heterocycles. The highest BCUT2D eigenvalue weighted by molar-refractivity contribution is 7.99. The first kappa shape index (κ1) is 27.4. The van der Waals surface area contributed by atoms with Crippen molar-refractivity contribution < 1.29 is 36.2 Å². The largest absolute Gasteiger partial charge is 0.618 e. The van der Waals surface area contributed by atoms with Crippen molar-refractivity contribution in [1.82, 2.24) is 14.8 Å². The summed E-state index contributed by atoms with van der Waals surface area (Å²) in [5, 5.41) is 16.9. The monoisotopic (exact) mass is 533 g/mol. The number of fused-ring (bicyclic) bond motifs is 1. The lowest BCUT2D eigenvalue weighted by molar-refractivity contribution is -0.595. The van der Waals surface area contributed by atoms with Gasteiger partial charge >= 0.3 is 18.2 Å². The Morgan fingerprint density at radius 3 is 2.44 bits per heavy atom. The van der Waals surface area contributed by atoms with Crippen LogP contribution in [0.25, 0.3) is 22.3 Å². The minimum absolute atomic E-state index is 0.0499. The Bertz CT molecular complexity index is 1270. The molecule has 0 saturated carbocycles. The Morgan fingerprint density at radius 1 is 1.19 bits per heavy atom. The summed E-state index contributed by atoms with van der Waals surface area (Å²) in [5.41, 5.74) is -0.248. The Hall–Kier alpha value is -3.16. The van der Waals surface area contributed by atoms with E-state index in [1.165, 1.54) is 29.8 Å². The summed E-state index contributed by atoms with van der Waals surface area (Å²) in [6.07, 6.45) is -3.01. The third kappa shape index (κ3) is 5.79. The van der Waals surface area contributed by atoms with Gasteiger partial charge in [-0.2, -0.15) is 31.8 Å². The number of ether oxygens (including phenoxy) is 1. The number of halogens is 5. The molecule has 14 heteroatoms. The summed E-state index contributed by atoms with van der Waals surface area (Å²) in [6, 6.07) is 2.99. The van der Waals surface area contributed by atoms with Crippen molar-refractivity contribution >= 4 is 34.4 Å². The van der Waals surface area contributed by atoms with Crippen LogP contribution in [-0.4, -0.2) is 51.4 Å². The lowest BCUT2D eigenvalue weighted by Crippen LogP contribution is -2.40. The van der Waals surface area contributed by atoms with E-state index in [2.05, 4.69) is 10.1 Å². The van der Waals surface area contributed by atoms with Gasteiger partial charge < -0.3 is 9.94 Å². The summed E-state index contributed by atoms with van der Waals surface area (Å²) in [4.78, 5) is 18.2. The van der Waals surface area contributed by atoms with Crippen LogP contribution in [0.5, 0.6) is 0 Å². The van der Waals surface area contributed by atoms with Gasteiger partial charge in [-0.1, -0.05) is 6.92 Å². The fourth-order valence-corrected chi connectivity index (χ4v) is 4.01. The normalized spacial score (nSPS) is 12.7. The highest BCUT2D eigenvalue weighted by atomic mass is 32.2. The number of carbonyl (C=O) groups excluding carboxylic acids is 1. The molecular formula is C22H24F5N5O3S.